The average molecular weight is 400 g/mol. The minimum atomic E-state index is -0.669. The van der Waals surface area contributed by atoms with Crippen LogP contribution in [0.1, 0.15) is 44.1 Å². The number of aromatic nitrogens is 1. The van der Waals surface area contributed by atoms with Crippen molar-refractivity contribution in [3.63, 3.8) is 0 Å². The molecule has 1 aliphatic carbocycles. The number of halogens is 1. The van der Waals surface area contributed by atoms with E-state index in [1.54, 1.807) is 12.3 Å². The Labute approximate surface area is 168 Å². The molecule has 0 spiro atoms. The van der Waals surface area contributed by atoms with Crippen LogP contribution in [0.15, 0.2) is 24.4 Å². The largest absolute Gasteiger partial charge is 0.361 e. The first-order valence-electron chi connectivity index (χ1n) is 10.2. The molecule has 4 amide bonds. The van der Waals surface area contributed by atoms with Crippen LogP contribution in [0.5, 0.6) is 0 Å². The van der Waals surface area contributed by atoms with E-state index in [4.69, 9.17) is 0 Å². The van der Waals surface area contributed by atoms with Gasteiger partial charge in [-0.15, -0.1) is 0 Å². The molecule has 3 N–H and O–H groups in total. The Kier molecular flexibility index (Phi) is 5.51. The van der Waals surface area contributed by atoms with Crippen LogP contribution in [0.4, 0.5) is 9.18 Å². The van der Waals surface area contributed by atoms with Crippen molar-refractivity contribution >= 4 is 28.7 Å². The highest BCUT2D eigenvalue weighted by Gasteiger charge is 2.37. The summed E-state index contributed by atoms with van der Waals surface area (Å²) in [6.07, 6.45) is 7.00. The molecule has 1 aromatic heterocycles. The first-order valence-corrected chi connectivity index (χ1v) is 10.2. The van der Waals surface area contributed by atoms with Gasteiger partial charge in [-0.3, -0.25) is 14.5 Å². The second kappa shape index (κ2) is 8.23. The number of rotatable bonds is 7. The van der Waals surface area contributed by atoms with E-state index >= 15 is 0 Å². The molecule has 0 bridgehead atoms. The zero-order valence-corrected chi connectivity index (χ0v) is 16.2. The third kappa shape index (κ3) is 4.26. The number of fused-ring (bicyclic) bond motifs is 1. The molecule has 2 aromatic rings. The molecule has 8 heteroatoms. The lowest BCUT2D eigenvalue weighted by Crippen LogP contribution is -2.35. The predicted molar refractivity (Wildman–Crippen MR) is 106 cm³/mol. The first kappa shape index (κ1) is 19.4. The van der Waals surface area contributed by atoms with Crippen LogP contribution in [-0.4, -0.2) is 46.4 Å². The molecule has 1 aliphatic heterocycles. The van der Waals surface area contributed by atoms with Gasteiger partial charge in [-0.1, -0.05) is 12.8 Å². The van der Waals surface area contributed by atoms with Gasteiger partial charge in [0.15, 0.2) is 0 Å². The number of carbonyl (C=O) groups is 3. The summed E-state index contributed by atoms with van der Waals surface area (Å²) in [6.45, 7) is 0.207. The van der Waals surface area contributed by atoms with Crippen LogP contribution in [0.25, 0.3) is 10.9 Å². The molecule has 1 saturated carbocycles. The maximum Gasteiger partial charge on any atom is 0.324 e. The highest BCUT2D eigenvalue weighted by Crippen LogP contribution is 2.21. The Morgan fingerprint density at radius 1 is 1.24 bits per heavy atom. The molecule has 1 atom stereocenters. The van der Waals surface area contributed by atoms with Crippen LogP contribution < -0.4 is 10.6 Å². The van der Waals surface area contributed by atoms with E-state index in [-0.39, 0.29) is 43.1 Å². The monoisotopic (exact) mass is 400 g/mol. The fourth-order valence-corrected chi connectivity index (χ4v) is 4.22. The highest BCUT2D eigenvalue weighted by atomic mass is 19.1. The number of hydrogen-bond acceptors (Lipinski definition) is 3. The van der Waals surface area contributed by atoms with Crippen molar-refractivity contribution < 1.29 is 18.8 Å². The van der Waals surface area contributed by atoms with Gasteiger partial charge in [0.25, 0.3) is 5.91 Å². The zero-order valence-electron chi connectivity index (χ0n) is 16.2. The van der Waals surface area contributed by atoms with Crippen molar-refractivity contribution in [2.45, 2.75) is 57.0 Å². The van der Waals surface area contributed by atoms with Crippen molar-refractivity contribution in [1.82, 2.24) is 20.5 Å². The smallest absolute Gasteiger partial charge is 0.324 e. The Hall–Kier alpha value is -2.90. The minimum absolute atomic E-state index is 0.0711. The second-order valence-corrected chi connectivity index (χ2v) is 7.83. The summed E-state index contributed by atoms with van der Waals surface area (Å²) in [5.41, 5.74) is 1.66. The molecule has 1 saturated heterocycles. The van der Waals surface area contributed by atoms with Gasteiger partial charge in [-0.2, -0.15) is 0 Å². The molecule has 2 aliphatic rings. The third-order valence-corrected chi connectivity index (χ3v) is 5.82. The number of benzene rings is 1. The molecule has 154 valence electrons. The maximum absolute atomic E-state index is 13.5. The van der Waals surface area contributed by atoms with Gasteiger partial charge in [-0.25, -0.2) is 9.18 Å². The topological polar surface area (TPSA) is 94.3 Å². The summed E-state index contributed by atoms with van der Waals surface area (Å²) in [6, 6.07) is 3.62. The fourth-order valence-electron chi connectivity index (χ4n) is 4.22. The van der Waals surface area contributed by atoms with E-state index in [2.05, 4.69) is 15.6 Å². The van der Waals surface area contributed by atoms with E-state index < -0.39 is 12.1 Å². The van der Waals surface area contributed by atoms with E-state index in [0.29, 0.717) is 6.42 Å². The maximum atomic E-state index is 13.5. The number of nitrogens with zero attached hydrogens (tertiary/aromatic N) is 1. The fraction of sp³-hybridized carbons (Fsp3) is 0.476. The molecular weight excluding hydrogens is 375 g/mol. The van der Waals surface area contributed by atoms with E-state index in [9.17, 15) is 18.8 Å². The standard InChI is InChI=1S/C21H25FN4O3/c22-14-5-6-17-16(11-14)13(12-23-17)9-10-26-20(28)18(25-21(26)29)7-8-19(27)24-15-3-1-2-4-15/h5-6,11-12,15,18,23H,1-4,7-10H2,(H,24,27)(H,25,29). The van der Waals surface area contributed by atoms with Gasteiger partial charge in [-0.05, 0) is 49.4 Å². The Morgan fingerprint density at radius 3 is 2.83 bits per heavy atom. The van der Waals surface area contributed by atoms with E-state index in [1.165, 1.54) is 17.0 Å². The van der Waals surface area contributed by atoms with E-state index in [1.807, 2.05) is 0 Å². The number of nitrogens with one attached hydrogen (secondary N) is 3. The molecule has 29 heavy (non-hydrogen) atoms. The minimum Gasteiger partial charge on any atom is -0.361 e. The van der Waals surface area contributed by atoms with Crippen molar-refractivity contribution in [1.29, 1.82) is 0 Å². The number of amides is 4. The Bertz CT molecular complexity index is 935. The van der Waals surface area contributed by atoms with Crippen molar-refractivity contribution in [3.05, 3.63) is 35.8 Å². The molecule has 4 rings (SSSR count). The van der Waals surface area contributed by atoms with Crippen LogP contribution >= 0.6 is 0 Å². The number of H-pyrrole nitrogens is 1. The van der Waals surface area contributed by atoms with Gasteiger partial charge in [0.05, 0.1) is 0 Å². The van der Waals surface area contributed by atoms with Gasteiger partial charge in [0.1, 0.15) is 11.9 Å². The normalized spacial score (nSPS) is 19.9. The molecular formula is C21H25FN4O3. The molecule has 2 fully saturated rings. The van der Waals surface area contributed by atoms with Crippen LogP contribution in [0.3, 0.4) is 0 Å². The number of aromatic amines is 1. The Balaban J connectivity index is 1.30. The lowest BCUT2D eigenvalue weighted by Gasteiger charge is -2.14. The zero-order chi connectivity index (χ0) is 20.4. The quantitative estimate of drug-likeness (QED) is 0.624. The van der Waals surface area contributed by atoms with Crippen molar-refractivity contribution in [2.24, 2.45) is 0 Å². The summed E-state index contributed by atoms with van der Waals surface area (Å²) in [4.78, 5) is 41.1. The van der Waals surface area contributed by atoms with Gasteiger partial charge in [0.2, 0.25) is 5.91 Å². The summed E-state index contributed by atoms with van der Waals surface area (Å²) in [5.74, 6) is -0.711. The number of hydrogen-bond donors (Lipinski definition) is 3. The molecule has 1 aromatic carbocycles. The summed E-state index contributed by atoms with van der Waals surface area (Å²) < 4.78 is 13.5. The van der Waals surface area contributed by atoms with E-state index in [0.717, 1.165) is 42.1 Å². The Morgan fingerprint density at radius 2 is 2.03 bits per heavy atom. The summed E-state index contributed by atoms with van der Waals surface area (Å²) in [7, 11) is 0. The van der Waals surface area contributed by atoms with Crippen LogP contribution in [0, 0.1) is 5.82 Å². The SMILES string of the molecule is O=C(CCC1NC(=O)N(CCc2c[nH]c3ccc(F)cc23)C1=O)NC1CCCC1. The predicted octanol–water partition coefficient (Wildman–Crippen LogP) is 2.61. The number of urea groups is 1. The van der Waals surface area contributed by atoms with Gasteiger partial charge >= 0.3 is 6.03 Å². The molecule has 1 unspecified atom stereocenters. The first-order chi connectivity index (χ1) is 14.0. The number of imide groups is 1. The average Bonchev–Trinajstić information content (AvgIpc) is 3.40. The lowest BCUT2D eigenvalue weighted by atomic mass is 10.1. The summed E-state index contributed by atoms with van der Waals surface area (Å²) in [5, 5.41) is 6.41. The van der Waals surface area contributed by atoms with Crippen molar-refractivity contribution in [3.8, 4) is 0 Å². The third-order valence-electron chi connectivity index (χ3n) is 5.82. The van der Waals surface area contributed by atoms with Crippen LogP contribution in [0.2, 0.25) is 0 Å². The molecule has 2 heterocycles. The summed E-state index contributed by atoms with van der Waals surface area (Å²) >= 11 is 0. The van der Waals surface area contributed by atoms with Crippen molar-refractivity contribution in [2.75, 3.05) is 6.54 Å². The lowest BCUT2D eigenvalue weighted by molar-refractivity contribution is -0.127. The van der Waals surface area contributed by atoms with Gasteiger partial charge in [0, 0.05) is 36.1 Å². The molecule has 0 radical (unpaired) electrons. The van der Waals surface area contributed by atoms with Gasteiger partial charge < -0.3 is 15.6 Å². The number of carbonyl (C=O) groups excluding carboxylic acids is 3. The molecule has 7 nitrogen and oxygen atoms in total. The van der Waals surface area contributed by atoms with Crippen LogP contribution in [-0.2, 0) is 16.0 Å². The second-order valence-electron chi connectivity index (χ2n) is 7.83. The highest BCUT2D eigenvalue weighted by molar-refractivity contribution is 6.04.